The Morgan fingerprint density at radius 2 is 2.38 bits per heavy atom. The lowest BCUT2D eigenvalue weighted by Crippen LogP contribution is -1.91. The molecule has 0 aliphatic carbocycles. The van der Waals surface area contributed by atoms with Crippen LogP contribution in [0.4, 0.5) is 0 Å². The maximum absolute atomic E-state index is 10.6. The van der Waals surface area contributed by atoms with Crippen molar-refractivity contribution in [2.75, 3.05) is 0 Å². The topological polar surface area (TPSA) is 54.6 Å². The quantitative estimate of drug-likeness (QED) is 0.713. The minimum Gasteiger partial charge on any atom is -0.478 e. The van der Waals surface area contributed by atoms with Crippen molar-refractivity contribution in [2.24, 2.45) is 0 Å². The number of carboxylic acids is 1. The van der Waals surface area contributed by atoms with Crippen LogP contribution in [-0.4, -0.2) is 20.5 Å². The van der Waals surface area contributed by atoms with Crippen LogP contribution < -0.4 is 0 Å². The van der Waals surface area contributed by atoms with Gasteiger partial charge in [-0.1, -0.05) is 0 Å². The number of hydrogen-bond acceptors (Lipinski definition) is 2. The molecule has 0 aliphatic heterocycles. The van der Waals surface area contributed by atoms with E-state index >= 15 is 0 Å². The lowest BCUT2D eigenvalue weighted by atomic mass is 10.3. The van der Waals surface area contributed by atoms with Crippen molar-refractivity contribution in [3.63, 3.8) is 0 Å². The SMILES string of the molecule is Cc1nccn2cc(C(=O)O)cc12. The molecule has 0 aromatic carbocycles. The second-order valence-electron chi connectivity index (χ2n) is 2.84. The Morgan fingerprint density at radius 3 is 3.00 bits per heavy atom. The summed E-state index contributed by atoms with van der Waals surface area (Å²) in [5, 5.41) is 8.74. The van der Waals surface area contributed by atoms with Crippen molar-refractivity contribution >= 4 is 11.5 Å². The van der Waals surface area contributed by atoms with Crippen molar-refractivity contribution < 1.29 is 9.90 Å². The number of carbonyl (C=O) groups is 1. The van der Waals surface area contributed by atoms with E-state index < -0.39 is 5.97 Å². The summed E-state index contributed by atoms with van der Waals surface area (Å²) in [6, 6.07) is 1.62. The normalized spacial score (nSPS) is 10.5. The highest BCUT2D eigenvalue weighted by atomic mass is 16.4. The summed E-state index contributed by atoms with van der Waals surface area (Å²) in [5.41, 5.74) is 1.95. The monoisotopic (exact) mass is 176 g/mol. The number of carboxylic acid groups (broad SMARTS) is 1. The second-order valence-corrected chi connectivity index (χ2v) is 2.84. The molecule has 0 radical (unpaired) electrons. The van der Waals surface area contributed by atoms with E-state index in [0.717, 1.165) is 11.2 Å². The van der Waals surface area contributed by atoms with Crippen LogP contribution in [0.15, 0.2) is 24.7 Å². The van der Waals surface area contributed by atoms with E-state index in [9.17, 15) is 4.79 Å². The van der Waals surface area contributed by atoms with Crippen LogP contribution in [-0.2, 0) is 0 Å². The van der Waals surface area contributed by atoms with Crippen LogP contribution in [0.5, 0.6) is 0 Å². The molecule has 4 heteroatoms. The first-order valence-electron chi connectivity index (χ1n) is 3.85. The Morgan fingerprint density at radius 1 is 1.62 bits per heavy atom. The average Bonchev–Trinajstić information content (AvgIpc) is 2.49. The number of aromatic carboxylic acids is 1. The minimum absolute atomic E-state index is 0.288. The first kappa shape index (κ1) is 7.79. The molecule has 4 nitrogen and oxygen atoms in total. The van der Waals surface area contributed by atoms with Gasteiger partial charge in [0.15, 0.2) is 0 Å². The van der Waals surface area contributed by atoms with Gasteiger partial charge in [0.1, 0.15) is 0 Å². The zero-order valence-electron chi connectivity index (χ0n) is 7.06. The van der Waals surface area contributed by atoms with Crippen LogP contribution >= 0.6 is 0 Å². The number of nitrogens with zero attached hydrogens (tertiary/aromatic N) is 2. The summed E-state index contributed by atoms with van der Waals surface area (Å²) in [6.07, 6.45) is 4.95. The molecule has 2 aromatic heterocycles. The van der Waals surface area contributed by atoms with Gasteiger partial charge in [-0.05, 0) is 13.0 Å². The zero-order valence-corrected chi connectivity index (χ0v) is 7.06. The molecular weight excluding hydrogens is 168 g/mol. The van der Waals surface area contributed by atoms with Crippen molar-refractivity contribution in [2.45, 2.75) is 6.92 Å². The number of aryl methyl sites for hydroxylation is 1. The van der Waals surface area contributed by atoms with Crippen LogP contribution in [0.25, 0.3) is 5.52 Å². The maximum Gasteiger partial charge on any atom is 0.337 e. The highest BCUT2D eigenvalue weighted by Crippen LogP contribution is 2.11. The van der Waals surface area contributed by atoms with Crippen LogP contribution in [0.1, 0.15) is 16.1 Å². The number of rotatable bonds is 1. The molecule has 0 atom stereocenters. The third-order valence-corrected chi connectivity index (χ3v) is 1.96. The van der Waals surface area contributed by atoms with Crippen molar-refractivity contribution in [1.82, 2.24) is 9.38 Å². The molecule has 13 heavy (non-hydrogen) atoms. The first-order chi connectivity index (χ1) is 6.18. The van der Waals surface area contributed by atoms with Gasteiger partial charge in [-0.15, -0.1) is 0 Å². The van der Waals surface area contributed by atoms with Crippen LogP contribution in [0, 0.1) is 6.92 Å². The van der Waals surface area contributed by atoms with Crippen molar-refractivity contribution in [3.05, 3.63) is 35.9 Å². The maximum atomic E-state index is 10.6. The van der Waals surface area contributed by atoms with Gasteiger partial charge in [0.2, 0.25) is 0 Å². The fraction of sp³-hybridized carbons (Fsp3) is 0.111. The standard InChI is InChI=1S/C9H8N2O2/c1-6-8-4-7(9(12)13)5-11(8)3-2-10-6/h2-5H,1H3,(H,12,13). The Balaban J connectivity index is 2.75. The lowest BCUT2D eigenvalue weighted by molar-refractivity contribution is 0.0697. The predicted octanol–water partition coefficient (Wildman–Crippen LogP) is 1.34. The number of aromatic nitrogens is 2. The molecule has 0 unspecified atom stereocenters. The molecule has 0 bridgehead atoms. The van der Waals surface area contributed by atoms with E-state index in [1.165, 1.54) is 0 Å². The van der Waals surface area contributed by atoms with Crippen LogP contribution in [0.2, 0.25) is 0 Å². The molecule has 66 valence electrons. The third-order valence-electron chi connectivity index (χ3n) is 1.96. The Hall–Kier alpha value is -1.84. The molecule has 2 heterocycles. The molecule has 1 N–H and O–H groups in total. The molecule has 0 amide bonds. The van der Waals surface area contributed by atoms with Crippen molar-refractivity contribution in [1.29, 1.82) is 0 Å². The smallest absolute Gasteiger partial charge is 0.337 e. The van der Waals surface area contributed by atoms with E-state index in [0.29, 0.717) is 0 Å². The van der Waals surface area contributed by atoms with E-state index in [1.54, 1.807) is 29.1 Å². The Labute approximate surface area is 74.5 Å². The third kappa shape index (κ3) is 1.16. The number of fused-ring (bicyclic) bond motifs is 1. The van der Waals surface area contributed by atoms with Gasteiger partial charge in [-0.2, -0.15) is 0 Å². The lowest BCUT2D eigenvalue weighted by Gasteiger charge is -1.94. The van der Waals surface area contributed by atoms with E-state index in [2.05, 4.69) is 4.98 Å². The minimum atomic E-state index is -0.914. The Kier molecular flexibility index (Phi) is 1.55. The summed E-state index contributed by atoms with van der Waals surface area (Å²) >= 11 is 0. The molecule has 0 saturated carbocycles. The van der Waals surface area contributed by atoms with Crippen molar-refractivity contribution in [3.8, 4) is 0 Å². The summed E-state index contributed by atoms with van der Waals surface area (Å²) in [5.74, 6) is -0.914. The first-order valence-corrected chi connectivity index (χ1v) is 3.85. The summed E-state index contributed by atoms with van der Waals surface area (Å²) in [7, 11) is 0. The fourth-order valence-corrected chi connectivity index (χ4v) is 1.29. The average molecular weight is 176 g/mol. The summed E-state index contributed by atoms with van der Waals surface area (Å²) < 4.78 is 1.76. The highest BCUT2D eigenvalue weighted by Gasteiger charge is 2.07. The highest BCUT2D eigenvalue weighted by molar-refractivity contribution is 5.89. The van der Waals surface area contributed by atoms with E-state index in [4.69, 9.17) is 5.11 Å². The van der Waals surface area contributed by atoms with Gasteiger partial charge in [0.05, 0.1) is 16.8 Å². The van der Waals surface area contributed by atoms with Gasteiger partial charge in [-0.25, -0.2) is 4.79 Å². The molecule has 0 fully saturated rings. The molecule has 2 aromatic rings. The Bertz CT molecular complexity index is 473. The van der Waals surface area contributed by atoms with Gasteiger partial charge in [0, 0.05) is 18.6 Å². The fourth-order valence-electron chi connectivity index (χ4n) is 1.29. The molecule has 2 rings (SSSR count). The predicted molar refractivity (Wildman–Crippen MR) is 46.9 cm³/mol. The molecular formula is C9H8N2O2. The van der Waals surface area contributed by atoms with Crippen LogP contribution in [0.3, 0.4) is 0 Å². The van der Waals surface area contributed by atoms with Gasteiger partial charge < -0.3 is 9.51 Å². The summed E-state index contributed by atoms with van der Waals surface area (Å²) in [4.78, 5) is 14.7. The van der Waals surface area contributed by atoms with Gasteiger partial charge >= 0.3 is 5.97 Å². The second kappa shape index (κ2) is 2.58. The molecule has 0 spiro atoms. The largest absolute Gasteiger partial charge is 0.478 e. The number of hydrogen-bond donors (Lipinski definition) is 1. The molecule has 0 saturated heterocycles. The summed E-state index contributed by atoms with van der Waals surface area (Å²) in [6.45, 7) is 1.85. The van der Waals surface area contributed by atoms with Gasteiger partial charge in [-0.3, -0.25) is 4.98 Å². The van der Waals surface area contributed by atoms with Gasteiger partial charge in [0.25, 0.3) is 0 Å². The van der Waals surface area contributed by atoms with E-state index in [1.807, 2.05) is 6.92 Å². The van der Waals surface area contributed by atoms with E-state index in [-0.39, 0.29) is 5.56 Å². The zero-order chi connectivity index (χ0) is 9.42. The molecule has 0 aliphatic rings.